The molecule has 0 aliphatic heterocycles. The van der Waals surface area contributed by atoms with E-state index in [1.165, 1.54) is 0 Å². The van der Waals surface area contributed by atoms with Crippen molar-refractivity contribution in [3.8, 4) is 0 Å². The van der Waals surface area contributed by atoms with Crippen LogP contribution in [0.25, 0.3) is 11.0 Å². The fraction of sp³-hybridized carbons (Fsp3) is 0.182. The number of nitrogens with zero attached hydrogens (tertiary/aromatic N) is 2. The van der Waals surface area contributed by atoms with Gasteiger partial charge in [-0.25, -0.2) is 18.4 Å². The van der Waals surface area contributed by atoms with Crippen LogP contribution in [0.5, 0.6) is 0 Å². The van der Waals surface area contributed by atoms with Crippen molar-refractivity contribution in [2.24, 2.45) is 0 Å². The summed E-state index contributed by atoms with van der Waals surface area (Å²) in [6, 6.07) is 5.63. The lowest BCUT2D eigenvalue weighted by molar-refractivity contribution is 0.603. The van der Waals surface area contributed by atoms with Crippen LogP contribution in [0.15, 0.2) is 30.6 Å². The monoisotopic (exact) mass is 235 g/mol. The Labute approximate surface area is 94.3 Å². The third-order valence-electron chi connectivity index (χ3n) is 2.21. The Bertz CT molecular complexity index is 608. The number of sulfone groups is 1. The summed E-state index contributed by atoms with van der Waals surface area (Å²) in [6.07, 6.45) is 6.85. The van der Waals surface area contributed by atoms with Crippen LogP contribution in [-0.2, 0) is 16.3 Å². The van der Waals surface area contributed by atoms with E-state index < -0.39 is 9.84 Å². The van der Waals surface area contributed by atoms with Crippen LogP contribution < -0.4 is 0 Å². The van der Waals surface area contributed by atoms with Gasteiger partial charge in [0.25, 0.3) is 0 Å². The standard InChI is InChI=1S/C11H11N2O2S/c1-16(14,15)6-4-9-7-10-3-2-5-12-11(10)13-8-9/h2-3,5,7-8H,1,4,6H2. The average molecular weight is 235 g/mol. The van der Waals surface area contributed by atoms with Crippen LogP contribution in [0.2, 0.25) is 0 Å². The lowest BCUT2D eigenvalue weighted by atomic mass is 10.2. The van der Waals surface area contributed by atoms with Gasteiger partial charge in [0.05, 0.1) is 12.0 Å². The van der Waals surface area contributed by atoms with Crippen LogP contribution in [0.4, 0.5) is 0 Å². The molecule has 0 saturated carbocycles. The van der Waals surface area contributed by atoms with Gasteiger partial charge in [-0.1, -0.05) is 0 Å². The molecule has 0 aliphatic carbocycles. The van der Waals surface area contributed by atoms with Gasteiger partial charge in [-0.15, -0.1) is 0 Å². The van der Waals surface area contributed by atoms with Gasteiger partial charge in [0.1, 0.15) is 0 Å². The number of aromatic nitrogens is 2. The van der Waals surface area contributed by atoms with Crippen molar-refractivity contribution >= 4 is 20.9 Å². The van der Waals surface area contributed by atoms with Crippen LogP contribution in [0.1, 0.15) is 5.56 Å². The Balaban J connectivity index is 2.26. The van der Waals surface area contributed by atoms with Crippen LogP contribution in [0, 0.1) is 6.26 Å². The molecule has 0 amide bonds. The number of rotatable bonds is 3. The minimum Gasteiger partial charge on any atom is -0.237 e. The number of fused-ring (bicyclic) bond motifs is 1. The van der Waals surface area contributed by atoms with Gasteiger partial charge >= 0.3 is 0 Å². The predicted molar refractivity (Wildman–Crippen MR) is 62.4 cm³/mol. The van der Waals surface area contributed by atoms with E-state index in [9.17, 15) is 8.42 Å². The molecule has 0 saturated heterocycles. The fourth-order valence-electron chi connectivity index (χ4n) is 1.42. The second-order valence-corrected chi connectivity index (χ2v) is 5.49. The van der Waals surface area contributed by atoms with Gasteiger partial charge in [0.2, 0.25) is 0 Å². The lowest BCUT2D eigenvalue weighted by Gasteiger charge is -2.01. The first-order valence-corrected chi connectivity index (χ1v) is 6.62. The zero-order valence-corrected chi connectivity index (χ0v) is 9.44. The second kappa shape index (κ2) is 4.17. The first-order valence-electron chi connectivity index (χ1n) is 4.80. The van der Waals surface area contributed by atoms with E-state index in [2.05, 4.69) is 16.2 Å². The van der Waals surface area contributed by atoms with Crippen molar-refractivity contribution in [2.45, 2.75) is 6.42 Å². The van der Waals surface area contributed by atoms with Gasteiger partial charge in [-0.3, -0.25) is 0 Å². The summed E-state index contributed by atoms with van der Waals surface area (Å²) < 4.78 is 21.8. The molecule has 2 rings (SSSR count). The quantitative estimate of drug-likeness (QED) is 0.806. The Morgan fingerprint density at radius 2 is 2.12 bits per heavy atom. The molecular formula is C11H11N2O2S. The molecule has 0 spiro atoms. The molecule has 5 heteroatoms. The first kappa shape index (κ1) is 11.0. The lowest BCUT2D eigenvalue weighted by Crippen LogP contribution is -2.04. The minimum atomic E-state index is -3.17. The smallest absolute Gasteiger partial charge is 0.159 e. The van der Waals surface area contributed by atoms with E-state index >= 15 is 0 Å². The number of aryl methyl sites for hydroxylation is 1. The van der Waals surface area contributed by atoms with Crippen molar-refractivity contribution in [3.05, 3.63) is 42.4 Å². The fourth-order valence-corrected chi connectivity index (χ4v) is 1.97. The van der Waals surface area contributed by atoms with Crippen molar-refractivity contribution in [2.75, 3.05) is 5.75 Å². The van der Waals surface area contributed by atoms with Crippen molar-refractivity contribution in [1.82, 2.24) is 9.97 Å². The van der Waals surface area contributed by atoms with Gasteiger partial charge < -0.3 is 0 Å². The molecule has 0 aromatic carbocycles. The van der Waals surface area contributed by atoms with E-state index in [1.807, 2.05) is 18.2 Å². The number of hydrogen-bond donors (Lipinski definition) is 0. The van der Waals surface area contributed by atoms with Gasteiger partial charge in [0, 0.05) is 17.8 Å². The second-order valence-electron chi connectivity index (χ2n) is 3.59. The van der Waals surface area contributed by atoms with E-state index in [1.54, 1.807) is 12.4 Å². The van der Waals surface area contributed by atoms with Crippen LogP contribution >= 0.6 is 0 Å². The van der Waals surface area contributed by atoms with Crippen molar-refractivity contribution < 1.29 is 8.42 Å². The molecule has 2 heterocycles. The topological polar surface area (TPSA) is 59.9 Å². The molecule has 83 valence electrons. The molecule has 0 bridgehead atoms. The van der Waals surface area contributed by atoms with E-state index in [0.717, 1.165) is 10.9 Å². The highest BCUT2D eigenvalue weighted by Crippen LogP contribution is 2.11. The summed E-state index contributed by atoms with van der Waals surface area (Å²) in [7, 11) is -3.17. The summed E-state index contributed by atoms with van der Waals surface area (Å²) in [6.45, 7) is 0. The molecular weight excluding hydrogens is 224 g/mol. The van der Waals surface area contributed by atoms with Gasteiger partial charge in [0.15, 0.2) is 15.5 Å². The number of hydrogen-bond acceptors (Lipinski definition) is 4. The largest absolute Gasteiger partial charge is 0.237 e. The maximum atomic E-state index is 10.9. The molecule has 1 radical (unpaired) electrons. The highest BCUT2D eigenvalue weighted by atomic mass is 32.2. The molecule has 4 nitrogen and oxygen atoms in total. The number of pyridine rings is 2. The maximum Gasteiger partial charge on any atom is 0.159 e. The van der Waals surface area contributed by atoms with E-state index in [-0.39, 0.29) is 5.75 Å². The van der Waals surface area contributed by atoms with E-state index in [4.69, 9.17) is 0 Å². The van der Waals surface area contributed by atoms with Crippen LogP contribution in [0.3, 0.4) is 0 Å². The third kappa shape index (κ3) is 2.76. The van der Waals surface area contributed by atoms with Gasteiger partial charge in [-0.2, -0.15) is 0 Å². The molecule has 0 fully saturated rings. The molecule has 2 aromatic rings. The minimum absolute atomic E-state index is 0.0421. The van der Waals surface area contributed by atoms with Crippen LogP contribution in [-0.4, -0.2) is 24.1 Å². The SMILES string of the molecule is [CH2]S(=O)(=O)CCc1cnc2ncccc2c1. The summed E-state index contributed by atoms with van der Waals surface area (Å²) in [4.78, 5) is 8.24. The molecule has 0 aliphatic rings. The Morgan fingerprint density at radius 1 is 1.31 bits per heavy atom. The zero-order valence-electron chi connectivity index (χ0n) is 8.63. The highest BCUT2D eigenvalue weighted by Gasteiger charge is 2.04. The summed E-state index contributed by atoms with van der Waals surface area (Å²) >= 11 is 0. The Kier molecular flexibility index (Phi) is 2.87. The molecule has 0 N–H and O–H groups in total. The molecule has 0 atom stereocenters. The molecule has 2 aromatic heterocycles. The van der Waals surface area contributed by atoms with Crippen molar-refractivity contribution in [1.29, 1.82) is 0 Å². The third-order valence-corrected chi connectivity index (χ3v) is 3.04. The molecule has 0 unspecified atom stereocenters. The Morgan fingerprint density at radius 3 is 2.88 bits per heavy atom. The predicted octanol–water partition coefficient (Wildman–Crippen LogP) is 1.38. The summed E-state index contributed by atoms with van der Waals surface area (Å²) in [5.41, 5.74) is 1.55. The van der Waals surface area contributed by atoms with E-state index in [0.29, 0.717) is 12.1 Å². The molecule has 16 heavy (non-hydrogen) atoms. The van der Waals surface area contributed by atoms with Gasteiger partial charge in [-0.05, 0) is 30.2 Å². The summed E-state index contributed by atoms with van der Waals surface area (Å²) in [5.74, 6) is 0.0421. The maximum absolute atomic E-state index is 10.9. The average Bonchev–Trinajstić information content (AvgIpc) is 2.25. The first-order chi connectivity index (χ1) is 7.54. The highest BCUT2D eigenvalue weighted by molar-refractivity contribution is 7.92. The summed E-state index contributed by atoms with van der Waals surface area (Å²) in [5, 5.41) is 0.918. The van der Waals surface area contributed by atoms with Crippen molar-refractivity contribution in [3.63, 3.8) is 0 Å². The zero-order chi connectivity index (χ0) is 11.6. The normalized spacial score (nSPS) is 11.8. The Hall–Kier alpha value is -1.49.